The Morgan fingerprint density at radius 1 is 1.69 bits per heavy atom. The van der Waals surface area contributed by atoms with E-state index >= 15 is 0 Å². The number of imidazole rings is 1. The van der Waals surface area contributed by atoms with E-state index in [4.69, 9.17) is 10.4 Å². The molecule has 0 aliphatic rings. The van der Waals surface area contributed by atoms with Crippen molar-refractivity contribution in [3.05, 3.63) is 23.1 Å². The van der Waals surface area contributed by atoms with Gasteiger partial charge in [0.15, 0.2) is 0 Å². The van der Waals surface area contributed by atoms with Gasteiger partial charge in [0.05, 0.1) is 18.2 Å². The monoisotopic (exact) mass is 193 g/mol. The van der Waals surface area contributed by atoms with Crippen molar-refractivity contribution in [1.29, 1.82) is 5.26 Å². The van der Waals surface area contributed by atoms with E-state index in [1.165, 1.54) is 11.3 Å². The molecule has 0 aliphatic heterocycles. The van der Waals surface area contributed by atoms with Gasteiger partial charge in [-0.05, 0) is 0 Å². The van der Waals surface area contributed by atoms with Crippen LogP contribution in [0.5, 0.6) is 0 Å². The normalized spacial score (nSPS) is 10.5. The van der Waals surface area contributed by atoms with Crippen LogP contribution in [0, 0.1) is 11.3 Å². The van der Waals surface area contributed by atoms with E-state index < -0.39 is 0 Å². The molecule has 0 fully saturated rings. The van der Waals surface area contributed by atoms with Gasteiger partial charge < -0.3 is 5.11 Å². The molecule has 2 aromatic rings. The molecule has 13 heavy (non-hydrogen) atoms. The first-order valence-electron chi connectivity index (χ1n) is 3.78. The van der Waals surface area contributed by atoms with Crippen LogP contribution < -0.4 is 0 Å². The number of fused-ring (bicyclic) bond motifs is 1. The van der Waals surface area contributed by atoms with Gasteiger partial charge >= 0.3 is 0 Å². The molecule has 0 aromatic carbocycles. The van der Waals surface area contributed by atoms with Gasteiger partial charge in [0.1, 0.15) is 17.3 Å². The highest BCUT2D eigenvalue weighted by atomic mass is 32.1. The second-order valence-corrected chi connectivity index (χ2v) is 3.44. The standard InChI is InChI=1S/C8H7N3OS/c9-2-1-6-8-11(3-4-13-8)7(5-12)10-6/h3-4,12H,1,5H2. The zero-order valence-corrected chi connectivity index (χ0v) is 7.58. The smallest absolute Gasteiger partial charge is 0.140 e. The van der Waals surface area contributed by atoms with Crippen molar-refractivity contribution in [1.82, 2.24) is 9.38 Å². The molecule has 1 N–H and O–H groups in total. The summed E-state index contributed by atoms with van der Waals surface area (Å²) in [7, 11) is 0. The number of aliphatic hydroxyl groups is 1. The lowest BCUT2D eigenvalue weighted by molar-refractivity contribution is 0.270. The fourth-order valence-electron chi connectivity index (χ4n) is 1.25. The third-order valence-electron chi connectivity index (χ3n) is 1.79. The van der Waals surface area contributed by atoms with Gasteiger partial charge in [-0.1, -0.05) is 0 Å². The Bertz CT molecular complexity index is 465. The fourth-order valence-corrected chi connectivity index (χ4v) is 2.09. The van der Waals surface area contributed by atoms with Gasteiger partial charge in [-0.25, -0.2) is 4.98 Å². The molecule has 2 heterocycles. The van der Waals surface area contributed by atoms with Gasteiger partial charge in [-0.2, -0.15) is 5.26 Å². The predicted molar refractivity (Wildman–Crippen MR) is 48.3 cm³/mol. The predicted octanol–water partition coefficient (Wildman–Crippen LogP) is 0.954. The van der Waals surface area contributed by atoms with Crippen molar-refractivity contribution in [3.63, 3.8) is 0 Å². The van der Waals surface area contributed by atoms with E-state index in [0.29, 0.717) is 12.2 Å². The maximum Gasteiger partial charge on any atom is 0.140 e. The third-order valence-corrected chi connectivity index (χ3v) is 2.70. The number of nitrogens with zero attached hydrogens (tertiary/aromatic N) is 3. The zero-order chi connectivity index (χ0) is 9.26. The lowest BCUT2D eigenvalue weighted by Crippen LogP contribution is -1.90. The Hall–Kier alpha value is -1.38. The molecule has 5 heteroatoms. The number of aromatic nitrogens is 2. The van der Waals surface area contributed by atoms with E-state index in [-0.39, 0.29) is 6.61 Å². The number of rotatable bonds is 2. The molecule has 0 amide bonds. The lowest BCUT2D eigenvalue weighted by Gasteiger charge is -1.87. The summed E-state index contributed by atoms with van der Waals surface area (Å²) < 4.78 is 1.82. The van der Waals surface area contributed by atoms with E-state index in [0.717, 1.165) is 10.5 Å². The molecule has 0 unspecified atom stereocenters. The summed E-state index contributed by atoms with van der Waals surface area (Å²) in [5.74, 6) is 0.599. The van der Waals surface area contributed by atoms with Crippen LogP contribution in [-0.4, -0.2) is 14.5 Å². The van der Waals surface area contributed by atoms with Crippen LogP contribution in [-0.2, 0) is 13.0 Å². The van der Waals surface area contributed by atoms with Crippen LogP contribution in [0.2, 0.25) is 0 Å². The van der Waals surface area contributed by atoms with Crippen LogP contribution in [0.4, 0.5) is 0 Å². The van der Waals surface area contributed by atoms with E-state index in [1.807, 2.05) is 16.0 Å². The Morgan fingerprint density at radius 3 is 3.23 bits per heavy atom. The second-order valence-electron chi connectivity index (χ2n) is 2.55. The Morgan fingerprint density at radius 2 is 2.54 bits per heavy atom. The molecule has 0 radical (unpaired) electrons. The van der Waals surface area contributed by atoms with Gasteiger partial charge in [0.2, 0.25) is 0 Å². The lowest BCUT2D eigenvalue weighted by atomic mass is 10.4. The maximum absolute atomic E-state index is 8.97. The Labute approximate surface area is 78.7 Å². The highest BCUT2D eigenvalue weighted by Crippen LogP contribution is 2.19. The number of thiazole rings is 1. The summed E-state index contributed by atoms with van der Waals surface area (Å²) in [6.45, 7) is -0.0939. The topological polar surface area (TPSA) is 61.3 Å². The van der Waals surface area contributed by atoms with E-state index in [9.17, 15) is 0 Å². The second kappa shape index (κ2) is 3.17. The van der Waals surface area contributed by atoms with Crippen molar-refractivity contribution >= 4 is 16.2 Å². The molecule has 0 atom stereocenters. The summed E-state index contributed by atoms with van der Waals surface area (Å²) in [6.07, 6.45) is 2.14. The van der Waals surface area contributed by atoms with Crippen molar-refractivity contribution in [2.75, 3.05) is 0 Å². The molecule has 0 spiro atoms. The molecule has 2 aromatic heterocycles. The van der Waals surface area contributed by atoms with E-state index in [2.05, 4.69) is 11.1 Å². The molecule has 4 nitrogen and oxygen atoms in total. The molecule has 0 saturated heterocycles. The van der Waals surface area contributed by atoms with Gasteiger partial charge in [0.25, 0.3) is 0 Å². The SMILES string of the molecule is N#CCc1nc(CO)n2ccsc12. The van der Waals surface area contributed by atoms with Crippen molar-refractivity contribution in [2.24, 2.45) is 0 Å². The first-order valence-corrected chi connectivity index (χ1v) is 4.66. The minimum atomic E-state index is -0.0939. The highest BCUT2D eigenvalue weighted by Gasteiger charge is 2.10. The molecular formula is C8H7N3OS. The zero-order valence-electron chi connectivity index (χ0n) is 6.77. The Kier molecular flexibility index (Phi) is 2.00. The quantitative estimate of drug-likeness (QED) is 0.772. The van der Waals surface area contributed by atoms with Gasteiger partial charge in [-0.15, -0.1) is 11.3 Å². The summed E-state index contributed by atoms with van der Waals surface area (Å²) in [6, 6.07) is 2.05. The third kappa shape index (κ3) is 1.20. The minimum Gasteiger partial charge on any atom is -0.388 e. The maximum atomic E-state index is 8.97. The van der Waals surface area contributed by atoms with Crippen LogP contribution in [0.3, 0.4) is 0 Å². The molecule has 0 saturated carbocycles. The molecule has 0 bridgehead atoms. The van der Waals surface area contributed by atoms with E-state index in [1.54, 1.807) is 0 Å². The molecule has 2 rings (SSSR count). The molecular weight excluding hydrogens is 186 g/mol. The number of aliphatic hydroxyl groups excluding tert-OH is 1. The number of hydrogen-bond acceptors (Lipinski definition) is 4. The largest absolute Gasteiger partial charge is 0.388 e. The van der Waals surface area contributed by atoms with Crippen LogP contribution >= 0.6 is 11.3 Å². The fraction of sp³-hybridized carbons (Fsp3) is 0.250. The Balaban J connectivity index is 2.63. The first-order chi connectivity index (χ1) is 6.36. The number of hydrogen-bond donors (Lipinski definition) is 1. The summed E-state index contributed by atoms with van der Waals surface area (Å²) in [5.41, 5.74) is 0.751. The summed E-state index contributed by atoms with van der Waals surface area (Å²) >= 11 is 1.53. The van der Waals surface area contributed by atoms with Crippen LogP contribution in [0.1, 0.15) is 11.5 Å². The average molecular weight is 193 g/mol. The first kappa shape index (κ1) is 8.23. The van der Waals surface area contributed by atoms with Gasteiger partial charge in [-0.3, -0.25) is 4.40 Å². The van der Waals surface area contributed by atoms with Crippen molar-refractivity contribution in [2.45, 2.75) is 13.0 Å². The number of nitriles is 1. The van der Waals surface area contributed by atoms with Crippen LogP contribution in [0.25, 0.3) is 4.83 Å². The van der Waals surface area contributed by atoms with Crippen molar-refractivity contribution in [3.8, 4) is 6.07 Å². The molecule has 0 aliphatic carbocycles. The summed E-state index contributed by atoms with van der Waals surface area (Å²) in [4.78, 5) is 5.11. The van der Waals surface area contributed by atoms with Gasteiger partial charge in [0, 0.05) is 11.6 Å². The van der Waals surface area contributed by atoms with Crippen molar-refractivity contribution < 1.29 is 5.11 Å². The van der Waals surface area contributed by atoms with Crippen LogP contribution in [0.15, 0.2) is 11.6 Å². The minimum absolute atomic E-state index is 0.0939. The highest BCUT2D eigenvalue weighted by molar-refractivity contribution is 7.15. The average Bonchev–Trinajstić information content (AvgIpc) is 2.68. The molecule has 66 valence electrons. The summed E-state index contributed by atoms with van der Waals surface area (Å²) in [5, 5.41) is 19.4.